The summed E-state index contributed by atoms with van der Waals surface area (Å²) < 4.78 is 26.1. The van der Waals surface area contributed by atoms with Gasteiger partial charge in [-0.1, -0.05) is 0 Å². The predicted octanol–water partition coefficient (Wildman–Crippen LogP) is 2.38. The molecule has 1 fully saturated rings. The minimum atomic E-state index is -3.08. The zero-order valence-electron chi connectivity index (χ0n) is 15.1. The molecule has 1 heterocycles. The van der Waals surface area contributed by atoms with Gasteiger partial charge in [0.2, 0.25) is 0 Å². The minimum Gasteiger partial charge on any atom is -0.369 e. The number of piperazine rings is 1. The maximum atomic E-state index is 13.1. The molecule has 0 bridgehead atoms. The van der Waals surface area contributed by atoms with Crippen molar-refractivity contribution in [2.24, 2.45) is 5.73 Å². The summed E-state index contributed by atoms with van der Waals surface area (Å²) >= 11 is 0. The van der Waals surface area contributed by atoms with Crippen LogP contribution in [-0.2, 0) is 0 Å². The van der Waals surface area contributed by atoms with Gasteiger partial charge >= 0.3 is 0 Å². The second kappa shape index (κ2) is 10.9. The second-order valence-corrected chi connectivity index (χ2v) is 6.41. The van der Waals surface area contributed by atoms with Gasteiger partial charge in [-0.2, -0.15) is 0 Å². The molecular weight excluding hydrogens is 385 g/mol. The third-order valence-corrected chi connectivity index (χ3v) is 4.35. The minimum absolute atomic E-state index is 0. The quantitative estimate of drug-likeness (QED) is 0.752. The summed E-state index contributed by atoms with van der Waals surface area (Å²) in [6, 6.07) is 7.60. The van der Waals surface area contributed by atoms with Crippen LogP contribution in [0.5, 0.6) is 0 Å². The zero-order chi connectivity index (χ0) is 17.7. The van der Waals surface area contributed by atoms with E-state index in [2.05, 4.69) is 29.0 Å². The fraction of sp³-hybridized carbons (Fsp3) is 0.588. The van der Waals surface area contributed by atoms with Crippen LogP contribution < -0.4 is 16.0 Å². The number of hydrogen-bond acceptors (Lipinski definition) is 4. The highest BCUT2D eigenvalue weighted by atomic mass is 35.5. The number of nitrogens with one attached hydrogen (secondary N) is 1. The van der Waals surface area contributed by atoms with Crippen molar-refractivity contribution in [2.75, 3.05) is 44.2 Å². The first kappa shape index (κ1) is 24.8. The average molecular weight is 413 g/mol. The van der Waals surface area contributed by atoms with Crippen molar-refractivity contribution in [2.45, 2.75) is 25.8 Å². The molecule has 0 saturated carbocycles. The Hall–Kier alpha value is -1.15. The molecule has 0 unspecified atom stereocenters. The molecule has 150 valence electrons. The summed E-state index contributed by atoms with van der Waals surface area (Å²) in [5.74, 6) is -3.59. The summed E-state index contributed by atoms with van der Waals surface area (Å²) in [6.45, 7) is 6.74. The Morgan fingerprint density at radius 3 is 2.15 bits per heavy atom. The Balaban J connectivity index is 0.00000312. The van der Waals surface area contributed by atoms with Crippen LogP contribution >= 0.6 is 24.8 Å². The molecule has 1 saturated heterocycles. The van der Waals surface area contributed by atoms with Crippen molar-refractivity contribution in [3.63, 3.8) is 0 Å². The van der Waals surface area contributed by atoms with Crippen molar-refractivity contribution in [1.82, 2.24) is 10.2 Å². The molecule has 1 aromatic rings. The number of halogens is 4. The smallest absolute Gasteiger partial charge is 0.277 e. The number of nitrogens with two attached hydrogens (primary N) is 1. The Labute approximate surface area is 166 Å². The highest BCUT2D eigenvalue weighted by molar-refractivity contribution is 5.94. The molecule has 1 aliphatic heterocycles. The molecule has 1 amide bonds. The topological polar surface area (TPSA) is 61.6 Å². The second-order valence-electron chi connectivity index (χ2n) is 6.41. The van der Waals surface area contributed by atoms with Crippen LogP contribution in [0.2, 0.25) is 0 Å². The lowest BCUT2D eigenvalue weighted by atomic mass is 10.1. The van der Waals surface area contributed by atoms with Gasteiger partial charge in [0.25, 0.3) is 11.8 Å². The predicted molar refractivity (Wildman–Crippen MR) is 106 cm³/mol. The van der Waals surface area contributed by atoms with E-state index >= 15 is 0 Å². The molecule has 5 nitrogen and oxygen atoms in total. The van der Waals surface area contributed by atoms with Gasteiger partial charge in [-0.15, -0.1) is 24.8 Å². The molecular formula is C17H28Cl2F2N4O. The van der Waals surface area contributed by atoms with Gasteiger partial charge in [-0.3, -0.25) is 9.69 Å². The van der Waals surface area contributed by atoms with Gasteiger partial charge in [-0.25, -0.2) is 8.78 Å². The van der Waals surface area contributed by atoms with E-state index < -0.39 is 24.9 Å². The fourth-order valence-electron chi connectivity index (χ4n) is 2.70. The fourth-order valence-corrected chi connectivity index (χ4v) is 2.70. The highest BCUT2D eigenvalue weighted by Gasteiger charge is 2.27. The van der Waals surface area contributed by atoms with E-state index in [1.54, 1.807) is 12.1 Å². The number of alkyl halides is 2. The summed E-state index contributed by atoms with van der Waals surface area (Å²) in [7, 11) is 0. The van der Waals surface area contributed by atoms with E-state index in [1.807, 2.05) is 12.1 Å². The number of amides is 1. The van der Waals surface area contributed by atoms with Crippen molar-refractivity contribution >= 4 is 36.4 Å². The maximum Gasteiger partial charge on any atom is 0.277 e. The molecule has 1 aromatic carbocycles. The number of hydrogen-bond donors (Lipinski definition) is 2. The lowest BCUT2D eigenvalue weighted by Gasteiger charge is -2.38. The van der Waals surface area contributed by atoms with Crippen LogP contribution in [0.25, 0.3) is 0 Å². The Kier molecular flexibility index (Phi) is 10.4. The Morgan fingerprint density at radius 1 is 1.15 bits per heavy atom. The first-order chi connectivity index (χ1) is 11.3. The molecule has 0 spiro atoms. The SMILES string of the molecule is CC(C)N1CCN(c2ccc(C(=O)NCC(F)(F)CN)cc2)CC1.Cl.Cl. The number of carbonyl (C=O) groups excluding carboxylic acids is 1. The van der Waals surface area contributed by atoms with E-state index in [-0.39, 0.29) is 24.8 Å². The summed E-state index contributed by atoms with van der Waals surface area (Å²) in [4.78, 5) is 16.6. The highest BCUT2D eigenvalue weighted by Crippen LogP contribution is 2.18. The molecule has 9 heteroatoms. The van der Waals surface area contributed by atoms with Crippen LogP contribution in [0.3, 0.4) is 0 Å². The number of nitrogens with zero attached hydrogens (tertiary/aromatic N) is 2. The number of anilines is 1. The summed E-state index contributed by atoms with van der Waals surface area (Å²) in [5, 5.41) is 2.22. The zero-order valence-corrected chi connectivity index (χ0v) is 16.7. The van der Waals surface area contributed by atoms with E-state index in [0.29, 0.717) is 11.6 Å². The number of benzene rings is 1. The van der Waals surface area contributed by atoms with Gasteiger partial charge < -0.3 is 16.0 Å². The van der Waals surface area contributed by atoms with E-state index in [9.17, 15) is 13.6 Å². The third-order valence-electron chi connectivity index (χ3n) is 4.35. The van der Waals surface area contributed by atoms with Crippen LogP contribution in [0.15, 0.2) is 24.3 Å². The Bertz CT molecular complexity index is 550. The van der Waals surface area contributed by atoms with E-state index in [4.69, 9.17) is 5.73 Å². The number of carbonyl (C=O) groups is 1. The van der Waals surface area contributed by atoms with Crippen LogP contribution in [0.1, 0.15) is 24.2 Å². The molecule has 2 rings (SSSR count). The lowest BCUT2D eigenvalue weighted by Crippen LogP contribution is -2.48. The van der Waals surface area contributed by atoms with Crippen molar-refractivity contribution in [3.05, 3.63) is 29.8 Å². The molecule has 0 aromatic heterocycles. The first-order valence-electron chi connectivity index (χ1n) is 8.27. The third kappa shape index (κ3) is 6.87. The standard InChI is InChI=1S/C17H26F2N4O.2ClH/c1-13(2)22-7-9-23(10-8-22)15-5-3-14(4-6-15)16(24)21-12-17(18,19)11-20;;/h3-6,13H,7-12,20H2,1-2H3,(H,21,24);2*1H. The molecule has 1 aliphatic rings. The molecule has 26 heavy (non-hydrogen) atoms. The molecule has 0 aliphatic carbocycles. The lowest BCUT2D eigenvalue weighted by molar-refractivity contribution is 0.0118. The van der Waals surface area contributed by atoms with Gasteiger partial charge in [0.15, 0.2) is 0 Å². The maximum absolute atomic E-state index is 13.1. The molecule has 3 N–H and O–H groups in total. The van der Waals surface area contributed by atoms with Crippen LogP contribution in [0.4, 0.5) is 14.5 Å². The number of rotatable bonds is 6. The van der Waals surface area contributed by atoms with Crippen LogP contribution in [-0.4, -0.2) is 62.0 Å². The molecule has 0 radical (unpaired) electrons. The van der Waals surface area contributed by atoms with Crippen LogP contribution in [0, 0.1) is 0 Å². The average Bonchev–Trinajstić information content (AvgIpc) is 2.60. The first-order valence-corrected chi connectivity index (χ1v) is 8.27. The largest absolute Gasteiger partial charge is 0.369 e. The monoisotopic (exact) mass is 412 g/mol. The Morgan fingerprint density at radius 2 is 1.69 bits per heavy atom. The van der Waals surface area contributed by atoms with Gasteiger partial charge in [-0.05, 0) is 38.1 Å². The van der Waals surface area contributed by atoms with Gasteiger partial charge in [0.05, 0.1) is 13.1 Å². The van der Waals surface area contributed by atoms with Gasteiger partial charge in [0.1, 0.15) is 0 Å². The summed E-state index contributed by atoms with van der Waals surface area (Å²) in [5.41, 5.74) is 6.36. The van der Waals surface area contributed by atoms with E-state index in [0.717, 1.165) is 31.9 Å². The van der Waals surface area contributed by atoms with Crippen molar-refractivity contribution in [1.29, 1.82) is 0 Å². The van der Waals surface area contributed by atoms with Crippen molar-refractivity contribution < 1.29 is 13.6 Å². The van der Waals surface area contributed by atoms with Gasteiger partial charge in [0, 0.05) is 43.5 Å². The van der Waals surface area contributed by atoms with E-state index in [1.165, 1.54) is 0 Å². The van der Waals surface area contributed by atoms with Crippen molar-refractivity contribution in [3.8, 4) is 0 Å². The summed E-state index contributed by atoms with van der Waals surface area (Å²) in [6.07, 6.45) is 0. The molecule has 0 atom stereocenters. The normalized spacial score (nSPS) is 15.2.